The second-order valence-electron chi connectivity index (χ2n) is 6.59. The molecule has 0 saturated carbocycles. The van der Waals surface area contributed by atoms with Gasteiger partial charge in [-0.15, -0.1) is 12.4 Å². The Hall–Kier alpha value is -0.690. The molecule has 2 aromatic carbocycles. The first kappa shape index (κ1) is 17.1. The third-order valence-corrected chi connectivity index (χ3v) is 26.4. The average Bonchev–Trinajstić information content (AvgIpc) is 3.13. The van der Waals surface area contributed by atoms with Crippen molar-refractivity contribution in [2.24, 2.45) is 0 Å². The smallest absolute Gasteiger partial charge is 0.147 e. The predicted molar refractivity (Wildman–Crippen MR) is 103 cm³/mol. The number of hydrogen-bond donors (Lipinski definition) is 0. The molecule has 2 aliphatic carbocycles. The van der Waals surface area contributed by atoms with Gasteiger partial charge in [-0.1, -0.05) is 0 Å². The Morgan fingerprint density at radius 3 is 1.61 bits per heavy atom. The van der Waals surface area contributed by atoms with Gasteiger partial charge in [0.25, 0.3) is 0 Å². The third-order valence-electron chi connectivity index (χ3n) is 4.98. The van der Waals surface area contributed by atoms with Gasteiger partial charge in [-0.2, -0.15) is 0 Å². The van der Waals surface area contributed by atoms with Crippen LogP contribution in [0.3, 0.4) is 0 Å². The quantitative estimate of drug-likeness (QED) is 0.575. The maximum atomic E-state index is 2.60. The average molecular weight is 417 g/mol. The molecule has 0 aromatic heterocycles. The molecule has 0 aliphatic heterocycles. The van der Waals surface area contributed by atoms with E-state index in [1.165, 1.54) is 11.1 Å². The third kappa shape index (κ3) is 3.02. The first-order valence-electron chi connectivity index (χ1n) is 8.16. The van der Waals surface area contributed by atoms with E-state index >= 15 is 0 Å². The van der Waals surface area contributed by atoms with E-state index in [-0.39, 0.29) is 12.4 Å². The largest absolute Gasteiger partial charge is 0.147 e. The maximum absolute atomic E-state index is 2.60. The number of hydrogen-bond acceptors (Lipinski definition) is 0. The van der Waals surface area contributed by atoms with E-state index in [9.17, 15) is 0 Å². The van der Waals surface area contributed by atoms with Gasteiger partial charge >= 0.3 is 142 Å². The summed E-state index contributed by atoms with van der Waals surface area (Å²) in [5.74, 6) is -0.615. The number of rotatable bonds is 3. The molecule has 0 bridgehead atoms. The predicted octanol–water partition coefficient (Wildman–Crippen LogP) is 5.55. The Bertz CT molecular complexity index is 704. The van der Waals surface area contributed by atoms with Gasteiger partial charge in [0.1, 0.15) is 0 Å². The van der Waals surface area contributed by atoms with Crippen molar-refractivity contribution in [2.45, 2.75) is 20.3 Å². The molecule has 4 rings (SSSR count). The zero-order chi connectivity index (χ0) is 15.1. The Morgan fingerprint density at radius 1 is 0.739 bits per heavy atom. The molecule has 0 fully saturated rings. The summed E-state index contributed by atoms with van der Waals surface area (Å²) in [5.41, 5.74) is 6.18. The van der Waals surface area contributed by atoms with E-state index in [4.69, 9.17) is 0 Å². The zero-order valence-corrected chi connectivity index (χ0v) is 18.0. The SMILES string of the molecule is C[SiH](C)[Zr]([CH]1C=Cc2ccccc21)[CH]1C=Cc2ccccc21.Cl. The Morgan fingerprint density at radius 2 is 1.17 bits per heavy atom. The topological polar surface area (TPSA) is 0 Å². The van der Waals surface area contributed by atoms with Gasteiger partial charge in [-0.25, -0.2) is 0 Å². The van der Waals surface area contributed by atoms with E-state index in [2.05, 4.69) is 85.9 Å². The molecular weight excluding hydrogens is 395 g/mol. The number of fused-ring (bicyclic) bond motifs is 2. The molecular formula is C20H22ClSiZr. The standard InChI is InChI=1S/2C9H7.C2H7Si.ClH.Zr/c2*1-2-5-9-7-3-6-8(9)4-1;1-3-2;;/h2*1-7H;3H,1-2H3;1H;. The van der Waals surface area contributed by atoms with Crippen molar-refractivity contribution in [3.63, 3.8) is 0 Å². The molecule has 23 heavy (non-hydrogen) atoms. The number of halogens is 1. The van der Waals surface area contributed by atoms with Gasteiger partial charge in [0.15, 0.2) is 0 Å². The van der Waals surface area contributed by atoms with E-state index in [0.717, 1.165) is 7.25 Å². The summed E-state index contributed by atoms with van der Waals surface area (Å²) < 4.78 is 1.57. The fraction of sp³-hybridized carbons (Fsp3) is 0.200. The van der Waals surface area contributed by atoms with Crippen LogP contribution in [0.5, 0.6) is 0 Å². The van der Waals surface area contributed by atoms with Crippen LogP contribution in [0.25, 0.3) is 12.2 Å². The van der Waals surface area contributed by atoms with Gasteiger partial charge in [-0.3, -0.25) is 0 Å². The van der Waals surface area contributed by atoms with Crippen LogP contribution in [0, 0.1) is 0 Å². The minimum absolute atomic E-state index is 0. The van der Waals surface area contributed by atoms with Gasteiger partial charge in [0.2, 0.25) is 0 Å². The summed E-state index contributed by atoms with van der Waals surface area (Å²) in [6.45, 7) is 5.19. The molecule has 0 amide bonds. The monoisotopic (exact) mass is 415 g/mol. The maximum Gasteiger partial charge on any atom is -0.147 e. The van der Waals surface area contributed by atoms with Crippen LogP contribution in [-0.4, -0.2) is 5.92 Å². The summed E-state index contributed by atoms with van der Waals surface area (Å²) in [6, 6.07) is 18.1. The first-order chi connectivity index (χ1) is 10.8. The Balaban J connectivity index is 0.00000156. The van der Waals surface area contributed by atoms with Crippen LogP contribution >= 0.6 is 12.4 Å². The van der Waals surface area contributed by atoms with Crippen molar-refractivity contribution >= 4 is 30.5 Å². The summed E-state index contributed by atoms with van der Waals surface area (Å²) in [5, 5.41) is 0. The molecule has 3 heteroatoms. The molecule has 0 saturated heterocycles. The van der Waals surface area contributed by atoms with Crippen LogP contribution in [-0.2, 0) is 20.9 Å². The van der Waals surface area contributed by atoms with Gasteiger partial charge in [-0.05, 0) is 0 Å². The molecule has 0 heterocycles. The first-order valence-corrected chi connectivity index (χ1v) is 18.1. The summed E-state index contributed by atoms with van der Waals surface area (Å²) in [4.78, 5) is 0. The minimum Gasteiger partial charge on any atom is -0.147 e. The molecule has 2 unspecified atom stereocenters. The van der Waals surface area contributed by atoms with Crippen LogP contribution in [0.2, 0.25) is 13.1 Å². The van der Waals surface area contributed by atoms with Gasteiger partial charge < -0.3 is 0 Å². The molecule has 2 atom stereocenters. The number of benzene rings is 2. The normalized spacial score (nSPS) is 20.3. The molecule has 117 valence electrons. The van der Waals surface area contributed by atoms with Crippen LogP contribution in [0.15, 0.2) is 60.7 Å². The summed E-state index contributed by atoms with van der Waals surface area (Å²) >= 11 is -1.62. The number of allylic oxidation sites excluding steroid dienone is 2. The molecule has 0 spiro atoms. The molecule has 2 aliphatic rings. The Kier molecular flexibility index (Phi) is 5.26. The van der Waals surface area contributed by atoms with E-state index in [1.54, 1.807) is 11.1 Å². The van der Waals surface area contributed by atoms with Crippen LogP contribution < -0.4 is 0 Å². The molecule has 0 nitrogen and oxygen atoms in total. The van der Waals surface area contributed by atoms with E-state index in [0.29, 0.717) is 0 Å². The second-order valence-corrected chi connectivity index (χ2v) is 26.9. The zero-order valence-electron chi connectivity index (χ0n) is 13.6. The molecule has 0 N–H and O–H groups in total. The van der Waals surface area contributed by atoms with Crippen molar-refractivity contribution in [2.75, 3.05) is 0 Å². The van der Waals surface area contributed by atoms with E-state index < -0.39 is 26.8 Å². The summed E-state index contributed by atoms with van der Waals surface area (Å²) in [7, 11) is 0. The minimum atomic E-state index is -1.62. The van der Waals surface area contributed by atoms with E-state index in [1.807, 2.05) is 0 Å². The molecule has 2 aromatic rings. The van der Waals surface area contributed by atoms with Crippen molar-refractivity contribution in [3.8, 4) is 0 Å². The van der Waals surface area contributed by atoms with Crippen LogP contribution in [0.4, 0.5) is 0 Å². The fourth-order valence-electron chi connectivity index (χ4n) is 3.99. The Labute approximate surface area is 154 Å². The van der Waals surface area contributed by atoms with Crippen molar-refractivity contribution in [3.05, 3.63) is 82.9 Å². The van der Waals surface area contributed by atoms with Crippen molar-refractivity contribution < 1.29 is 20.9 Å². The van der Waals surface area contributed by atoms with Gasteiger partial charge in [0, 0.05) is 0 Å². The van der Waals surface area contributed by atoms with Crippen molar-refractivity contribution in [1.29, 1.82) is 0 Å². The molecule has 0 radical (unpaired) electrons. The van der Waals surface area contributed by atoms with Crippen molar-refractivity contribution in [1.82, 2.24) is 0 Å². The summed E-state index contributed by atoms with van der Waals surface area (Å²) in [6.07, 6.45) is 9.84. The fourth-order valence-corrected chi connectivity index (χ4v) is 25.0. The van der Waals surface area contributed by atoms with Crippen LogP contribution in [0.1, 0.15) is 29.5 Å². The second kappa shape index (κ2) is 7.05. The van der Waals surface area contributed by atoms with Gasteiger partial charge in [0.05, 0.1) is 0 Å².